The van der Waals surface area contributed by atoms with E-state index in [2.05, 4.69) is 6.92 Å². The van der Waals surface area contributed by atoms with Crippen molar-refractivity contribution in [2.75, 3.05) is 6.61 Å². The number of hydrogen-bond acceptors (Lipinski definition) is 4. The summed E-state index contributed by atoms with van der Waals surface area (Å²) < 4.78 is 0. The van der Waals surface area contributed by atoms with E-state index in [1.165, 1.54) is 12.8 Å². The lowest BCUT2D eigenvalue weighted by Crippen LogP contribution is -2.35. The number of hydrogen-bond donors (Lipinski definition) is 2. The molecule has 1 rings (SSSR count). The summed E-state index contributed by atoms with van der Waals surface area (Å²) in [5.41, 5.74) is 0. The van der Waals surface area contributed by atoms with E-state index in [-0.39, 0.29) is 23.4 Å². The Balaban J connectivity index is 2.81. The predicted molar refractivity (Wildman–Crippen MR) is 96.6 cm³/mol. The van der Waals surface area contributed by atoms with Gasteiger partial charge in [-0.2, -0.15) is 0 Å². The van der Waals surface area contributed by atoms with Crippen LogP contribution in [-0.2, 0) is 0 Å². The second kappa shape index (κ2) is 12.6. The molecule has 24 heavy (non-hydrogen) atoms. The molecule has 1 unspecified atom stereocenters. The Morgan fingerprint density at radius 1 is 1.00 bits per heavy atom. The van der Waals surface area contributed by atoms with E-state index in [9.17, 15) is 20.3 Å². The SMILES string of the molecule is CCCC[C@@H]1CC([N+](=O)[O-])CCCCCCCCC[C@H](CO)[C@H]1O. The highest BCUT2D eigenvalue weighted by molar-refractivity contribution is 4.79. The lowest BCUT2D eigenvalue weighted by molar-refractivity contribution is -0.526. The minimum atomic E-state index is -0.619. The Kier molecular flexibility index (Phi) is 11.3. The third-order valence-corrected chi connectivity index (χ3v) is 5.61. The molecule has 5 nitrogen and oxygen atoms in total. The van der Waals surface area contributed by atoms with Crippen molar-refractivity contribution in [2.45, 2.75) is 103 Å². The van der Waals surface area contributed by atoms with Gasteiger partial charge in [0.15, 0.2) is 0 Å². The standard InChI is InChI=1S/C19H37NO4/c1-2-3-11-16-14-18(20(23)24)13-10-8-6-4-5-7-9-12-17(15-21)19(16)22/h16-19,21-22H,2-15H2,1H3/t16-,17-,18?,19+/m1/s1. The maximum atomic E-state index is 11.4. The zero-order valence-electron chi connectivity index (χ0n) is 15.4. The maximum Gasteiger partial charge on any atom is 0.213 e. The summed E-state index contributed by atoms with van der Waals surface area (Å²) in [6, 6.07) is -0.552. The molecule has 142 valence electrons. The van der Waals surface area contributed by atoms with E-state index in [1.54, 1.807) is 0 Å². The minimum absolute atomic E-state index is 0.0209. The fourth-order valence-electron chi connectivity index (χ4n) is 3.98. The van der Waals surface area contributed by atoms with Crippen LogP contribution >= 0.6 is 0 Å². The smallest absolute Gasteiger partial charge is 0.213 e. The molecular formula is C19H37NO4. The van der Waals surface area contributed by atoms with Crippen LogP contribution in [0.4, 0.5) is 0 Å². The van der Waals surface area contributed by atoms with Gasteiger partial charge in [-0.15, -0.1) is 0 Å². The second-order valence-electron chi connectivity index (χ2n) is 7.56. The first-order valence-corrected chi connectivity index (χ1v) is 10.0. The molecule has 1 aliphatic carbocycles. The second-order valence-corrected chi connectivity index (χ2v) is 7.56. The zero-order chi connectivity index (χ0) is 17.8. The molecule has 4 atom stereocenters. The number of aliphatic hydroxyl groups is 2. The molecule has 0 aromatic rings. The highest BCUT2D eigenvalue weighted by atomic mass is 16.6. The van der Waals surface area contributed by atoms with Crippen LogP contribution in [0, 0.1) is 22.0 Å². The molecule has 5 heteroatoms. The quantitative estimate of drug-likeness (QED) is 0.575. The summed E-state index contributed by atoms with van der Waals surface area (Å²) in [4.78, 5) is 11.3. The molecule has 0 aromatic heterocycles. The van der Waals surface area contributed by atoms with E-state index < -0.39 is 12.1 Å². The van der Waals surface area contributed by atoms with Gasteiger partial charge < -0.3 is 10.2 Å². The van der Waals surface area contributed by atoms with Crippen LogP contribution in [0.1, 0.15) is 90.4 Å². The van der Waals surface area contributed by atoms with Gasteiger partial charge in [0, 0.05) is 30.3 Å². The third-order valence-electron chi connectivity index (χ3n) is 5.61. The largest absolute Gasteiger partial charge is 0.396 e. The molecule has 0 aromatic carbocycles. The Morgan fingerprint density at radius 2 is 1.58 bits per heavy atom. The molecule has 1 aliphatic rings. The average molecular weight is 344 g/mol. The number of aliphatic hydroxyl groups excluding tert-OH is 2. The summed E-state index contributed by atoms with van der Waals surface area (Å²) >= 11 is 0. The first kappa shape index (κ1) is 21.4. The van der Waals surface area contributed by atoms with Crippen LogP contribution in [-0.4, -0.2) is 33.9 Å². The van der Waals surface area contributed by atoms with E-state index in [1.807, 2.05) is 0 Å². The summed E-state index contributed by atoms with van der Waals surface area (Å²) in [6.07, 6.45) is 11.8. The monoisotopic (exact) mass is 343 g/mol. The van der Waals surface area contributed by atoms with Gasteiger partial charge in [-0.25, -0.2) is 0 Å². The molecule has 1 fully saturated rings. The molecule has 1 saturated carbocycles. The van der Waals surface area contributed by atoms with Crippen molar-refractivity contribution < 1.29 is 15.1 Å². The van der Waals surface area contributed by atoms with Crippen LogP contribution in [0.2, 0.25) is 0 Å². The predicted octanol–water partition coefficient (Wildman–Crippen LogP) is 4.32. The maximum absolute atomic E-state index is 11.4. The number of nitrogens with zero attached hydrogens (tertiary/aromatic N) is 1. The molecule has 0 bridgehead atoms. The van der Waals surface area contributed by atoms with Crippen LogP contribution < -0.4 is 0 Å². The van der Waals surface area contributed by atoms with Gasteiger partial charge >= 0.3 is 0 Å². The molecule has 2 N–H and O–H groups in total. The van der Waals surface area contributed by atoms with Gasteiger partial charge in [-0.3, -0.25) is 10.1 Å². The molecule has 0 heterocycles. The summed E-state index contributed by atoms with van der Waals surface area (Å²) in [5.74, 6) is -0.206. The highest BCUT2D eigenvalue weighted by Gasteiger charge is 2.32. The third kappa shape index (κ3) is 7.93. The summed E-state index contributed by atoms with van der Waals surface area (Å²) in [6.45, 7) is 2.08. The van der Waals surface area contributed by atoms with Gasteiger partial charge in [0.05, 0.1) is 6.10 Å². The Labute approximate surface area is 147 Å². The lowest BCUT2D eigenvalue weighted by atomic mass is 9.80. The Morgan fingerprint density at radius 3 is 2.12 bits per heavy atom. The normalized spacial score (nSPS) is 31.3. The Bertz CT molecular complexity index is 337. The van der Waals surface area contributed by atoms with Gasteiger partial charge in [-0.1, -0.05) is 58.3 Å². The van der Waals surface area contributed by atoms with E-state index in [0.29, 0.717) is 12.8 Å². The fraction of sp³-hybridized carbons (Fsp3) is 1.00. The van der Waals surface area contributed by atoms with Gasteiger partial charge in [0.25, 0.3) is 0 Å². The van der Waals surface area contributed by atoms with Crippen LogP contribution in [0.5, 0.6) is 0 Å². The zero-order valence-corrected chi connectivity index (χ0v) is 15.4. The van der Waals surface area contributed by atoms with Crippen LogP contribution in [0.15, 0.2) is 0 Å². The lowest BCUT2D eigenvalue weighted by Gasteiger charge is -2.30. The first-order chi connectivity index (χ1) is 11.6. The summed E-state index contributed by atoms with van der Waals surface area (Å²) in [7, 11) is 0. The Hall–Kier alpha value is -0.680. The van der Waals surface area contributed by atoms with Crippen molar-refractivity contribution in [3.05, 3.63) is 10.1 Å². The molecular weight excluding hydrogens is 306 g/mol. The minimum Gasteiger partial charge on any atom is -0.396 e. The number of unbranched alkanes of at least 4 members (excludes halogenated alkanes) is 1. The molecule has 0 radical (unpaired) electrons. The molecule has 0 aliphatic heterocycles. The average Bonchev–Trinajstić information content (AvgIpc) is 2.57. The van der Waals surface area contributed by atoms with Gasteiger partial charge in [0.2, 0.25) is 6.04 Å². The topological polar surface area (TPSA) is 83.6 Å². The first-order valence-electron chi connectivity index (χ1n) is 10.0. The van der Waals surface area contributed by atoms with E-state index in [4.69, 9.17) is 0 Å². The molecule has 0 spiro atoms. The van der Waals surface area contributed by atoms with Crippen LogP contribution in [0.3, 0.4) is 0 Å². The van der Waals surface area contributed by atoms with Crippen molar-refractivity contribution >= 4 is 0 Å². The van der Waals surface area contributed by atoms with Crippen molar-refractivity contribution in [1.29, 1.82) is 0 Å². The number of nitro groups is 1. The van der Waals surface area contributed by atoms with E-state index >= 15 is 0 Å². The number of rotatable bonds is 5. The highest BCUT2D eigenvalue weighted by Crippen LogP contribution is 2.29. The van der Waals surface area contributed by atoms with Crippen molar-refractivity contribution in [1.82, 2.24) is 0 Å². The summed E-state index contributed by atoms with van der Waals surface area (Å²) in [5, 5.41) is 31.9. The van der Waals surface area contributed by atoms with Gasteiger partial charge in [-0.05, 0) is 25.2 Å². The van der Waals surface area contributed by atoms with Gasteiger partial charge in [0.1, 0.15) is 0 Å². The van der Waals surface area contributed by atoms with E-state index in [0.717, 1.165) is 57.8 Å². The fourth-order valence-corrected chi connectivity index (χ4v) is 3.98. The van der Waals surface area contributed by atoms with Crippen molar-refractivity contribution in [2.24, 2.45) is 11.8 Å². The van der Waals surface area contributed by atoms with Crippen LogP contribution in [0.25, 0.3) is 0 Å². The van der Waals surface area contributed by atoms with Crippen molar-refractivity contribution in [3.8, 4) is 0 Å². The molecule has 0 amide bonds. The molecule has 0 saturated heterocycles. The van der Waals surface area contributed by atoms with Crippen molar-refractivity contribution in [3.63, 3.8) is 0 Å².